The highest BCUT2D eigenvalue weighted by atomic mass is 32.2. The topological polar surface area (TPSA) is 234 Å². The minimum Gasteiger partial charge on any atom is -0.467 e. The molecule has 0 radical (unpaired) electrons. The van der Waals surface area contributed by atoms with E-state index in [0.29, 0.717) is 12.2 Å². The molecule has 15 heteroatoms. The second-order valence-electron chi connectivity index (χ2n) is 9.64. The Morgan fingerprint density at radius 3 is 2.43 bits per heavy atom. The fourth-order valence-electron chi connectivity index (χ4n) is 4.79. The minimum atomic E-state index is -3.72. The zero-order valence-electron chi connectivity index (χ0n) is 20.1. The van der Waals surface area contributed by atoms with Gasteiger partial charge in [-0.25, -0.2) is 13.1 Å². The summed E-state index contributed by atoms with van der Waals surface area (Å²) < 4.78 is 49.6. The highest BCUT2D eigenvalue weighted by Gasteiger charge is 2.51. The molecule has 11 atom stereocenters. The van der Waals surface area contributed by atoms with Crippen LogP contribution in [-0.4, -0.2) is 117 Å². The number of nitrogens with one attached hydrogen (secondary N) is 2. The van der Waals surface area contributed by atoms with Crippen LogP contribution in [0.3, 0.4) is 0 Å². The molecule has 0 aromatic heterocycles. The van der Waals surface area contributed by atoms with Crippen LogP contribution < -0.4 is 27.2 Å². The summed E-state index contributed by atoms with van der Waals surface area (Å²) in [5.41, 5.74) is 16.6. The molecule has 1 saturated heterocycles. The van der Waals surface area contributed by atoms with Crippen LogP contribution in [0, 0.1) is 0 Å². The lowest BCUT2D eigenvalue weighted by Gasteiger charge is -2.48. The van der Waals surface area contributed by atoms with Crippen LogP contribution in [0.1, 0.15) is 19.8 Å². The number of aliphatic hydroxyl groups excluding tert-OH is 2. The molecule has 14 nitrogen and oxygen atoms in total. The largest absolute Gasteiger partial charge is 0.467 e. The molecule has 204 valence electrons. The first kappa shape index (κ1) is 28.6. The van der Waals surface area contributed by atoms with Gasteiger partial charge in [-0.2, -0.15) is 0 Å². The molecule has 1 aliphatic carbocycles. The smallest absolute Gasteiger partial charge is 0.215 e. The molecule has 0 amide bonds. The van der Waals surface area contributed by atoms with Crippen LogP contribution in [0.2, 0.25) is 0 Å². The van der Waals surface area contributed by atoms with Crippen molar-refractivity contribution in [3.8, 4) is 0 Å². The molecule has 2 aliphatic heterocycles. The van der Waals surface area contributed by atoms with E-state index in [9.17, 15) is 23.7 Å². The molecule has 0 spiro atoms. The van der Waals surface area contributed by atoms with Gasteiger partial charge in [0.2, 0.25) is 16.3 Å². The first-order valence-electron chi connectivity index (χ1n) is 11.5. The molecule has 35 heavy (non-hydrogen) atoms. The van der Waals surface area contributed by atoms with Crippen molar-refractivity contribution in [3.63, 3.8) is 0 Å². The highest BCUT2D eigenvalue weighted by Crippen LogP contribution is 2.32. The predicted molar refractivity (Wildman–Crippen MR) is 124 cm³/mol. The summed E-state index contributed by atoms with van der Waals surface area (Å²) in [6.07, 6.45) is -4.07. The van der Waals surface area contributed by atoms with E-state index in [0.717, 1.165) is 6.26 Å². The average Bonchev–Trinajstić information content (AvgIpc) is 2.75. The molecule has 0 bridgehead atoms. The van der Waals surface area contributed by atoms with E-state index in [1.165, 1.54) is 6.92 Å². The molecule has 0 aromatic carbocycles. The molecule has 0 aromatic rings. The molecule has 1 saturated carbocycles. The Morgan fingerprint density at radius 1 is 1.17 bits per heavy atom. The lowest BCUT2D eigenvalue weighted by atomic mass is 9.84. The Balaban J connectivity index is 1.82. The summed E-state index contributed by atoms with van der Waals surface area (Å²) in [7, 11) is -2.15. The van der Waals surface area contributed by atoms with Crippen LogP contribution in [-0.2, 0) is 29.0 Å². The van der Waals surface area contributed by atoms with Gasteiger partial charge >= 0.3 is 0 Å². The number of sulfonamides is 1. The van der Waals surface area contributed by atoms with E-state index >= 15 is 0 Å². The van der Waals surface area contributed by atoms with E-state index in [-0.39, 0.29) is 19.6 Å². The molecular formula is C20H39N5O9S. The van der Waals surface area contributed by atoms with Gasteiger partial charge in [-0.05, 0) is 32.9 Å². The zero-order valence-corrected chi connectivity index (χ0v) is 20.9. The SMILES string of the molecule is CN[C@@H]1[C@@H](O)[C@@H](O[C@@H]2[C@@H](O)[C@H](O[C@H]3OC(CN)=CC[C@H]3N)[C@@H](N)C[C@H]2NS(C)(=O)=O)OC[C@]1(C)O. The lowest BCUT2D eigenvalue weighted by Crippen LogP contribution is -2.69. The third-order valence-electron chi connectivity index (χ3n) is 6.54. The Hall–Kier alpha value is -0.950. The van der Waals surface area contributed by atoms with Crippen LogP contribution >= 0.6 is 0 Å². The van der Waals surface area contributed by atoms with Crippen LogP contribution in [0.25, 0.3) is 0 Å². The van der Waals surface area contributed by atoms with Crippen molar-refractivity contribution < 1.29 is 42.7 Å². The summed E-state index contributed by atoms with van der Waals surface area (Å²) in [5, 5.41) is 35.3. The fourth-order valence-corrected chi connectivity index (χ4v) is 5.57. The number of likely N-dealkylation sites (N-methyl/N-ethyl adjacent to an activating group) is 1. The van der Waals surface area contributed by atoms with Crippen molar-refractivity contribution in [1.82, 2.24) is 10.0 Å². The van der Waals surface area contributed by atoms with Crippen molar-refractivity contribution >= 4 is 10.0 Å². The maximum Gasteiger partial charge on any atom is 0.215 e. The lowest BCUT2D eigenvalue weighted by molar-refractivity contribution is -0.303. The zero-order chi connectivity index (χ0) is 26.1. The number of hydrogen-bond donors (Lipinski definition) is 8. The Labute approximate surface area is 205 Å². The van der Waals surface area contributed by atoms with Gasteiger partial charge < -0.3 is 56.8 Å². The molecular weight excluding hydrogens is 486 g/mol. The first-order chi connectivity index (χ1) is 16.3. The molecule has 2 heterocycles. The number of rotatable bonds is 8. The Bertz CT molecular complexity index is 860. The summed E-state index contributed by atoms with van der Waals surface area (Å²) in [4.78, 5) is 0. The summed E-state index contributed by atoms with van der Waals surface area (Å²) in [5.74, 6) is 0.490. The first-order valence-corrected chi connectivity index (χ1v) is 13.4. The van der Waals surface area contributed by atoms with Crippen molar-refractivity contribution in [3.05, 3.63) is 11.8 Å². The number of ether oxygens (including phenoxy) is 4. The quantitative estimate of drug-likeness (QED) is 0.150. The molecule has 0 unspecified atom stereocenters. The molecule has 2 fully saturated rings. The summed E-state index contributed by atoms with van der Waals surface area (Å²) in [6.45, 7) is 1.47. The van der Waals surface area contributed by atoms with Gasteiger partial charge in [0.1, 0.15) is 35.8 Å². The van der Waals surface area contributed by atoms with E-state index in [2.05, 4.69) is 10.0 Å². The van der Waals surface area contributed by atoms with E-state index in [1.54, 1.807) is 13.1 Å². The van der Waals surface area contributed by atoms with Gasteiger partial charge in [0.15, 0.2) is 6.29 Å². The van der Waals surface area contributed by atoms with Gasteiger partial charge in [0, 0.05) is 6.04 Å². The van der Waals surface area contributed by atoms with E-state index in [1.807, 2.05) is 0 Å². The fraction of sp³-hybridized carbons (Fsp3) is 0.900. The van der Waals surface area contributed by atoms with E-state index < -0.39 is 76.8 Å². The third kappa shape index (κ3) is 6.68. The van der Waals surface area contributed by atoms with Gasteiger partial charge in [-0.15, -0.1) is 0 Å². The highest BCUT2D eigenvalue weighted by molar-refractivity contribution is 7.88. The van der Waals surface area contributed by atoms with Crippen molar-refractivity contribution in [2.45, 2.75) is 86.5 Å². The van der Waals surface area contributed by atoms with Crippen LogP contribution in [0.4, 0.5) is 0 Å². The van der Waals surface area contributed by atoms with Crippen molar-refractivity contribution in [2.24, 2.45) is 17.2 Å². The van der Waals surface area contributed by atoms with Gasteiger partial charge in [-0.3, -0.25) is 0 Å². The number of hydrogen-bond acceptors (Lipinski definition) is 13. The molecule has 11 N–H and O–H groups in total. The van der Waals surface area contributed by atoms with Crippen LogP contribution in [0.5, 0.6) is 0 Å². The van der Waals surface area contributed by atoms with Crippen LogP contribution in [0.15, 0.2) is 11.8 Å². The maximum atomic E-state index is 12.0. The second-order valence-corrected chi connectivity index (χ2v) is 11.4. The molecule has 3 rings (SSSR count). The normalized spacial score (nSPS) is 45.0. The average molecular weight is 526 g/mol. The van der Waals surface area contributed by atoms with Gasteiger partial charge in [-0.1, -0.05) is 0 Å². The monoisotopic (exact) mass is 525 g/mol. The third-order valence-corrected chi connectivity index (χ3v) is 7.27. The van der Waals surface area contributed by atoms with E-state index in [4.69, 9.17) is 36.1 Å². The number of aliphatic hydroxyl groups is 3. The summed E-state index contributed by atoms with van der Waals surface area (Å²) in [6, 6.07) is -3.12. The Kier molecular flexibility index (Phi) is 9.16. The summed E-state index contributed by atoms with van der Waals surface area (Å²) >= 11 is 0. The number of nitrogens with two attached hydrogens (primary N) is 3. The van der Waals surface area contributed by atoms with Crippen molar-refractivity contribution in [2.75, 3.05) is 26.5 Å². The standard InChI is InChI=1S/C20H39N5O9S/c1-20(28)8-31-19(14(27)17(20)24-2)34-16-12(25-35(3,29)30)6-11(23)15(13(16)26)33-18-10(22)5-4-9(7-21)32-18/h4,10-19,24-28H,5-8,21-23H2,1-3H3/t10-,11+,12-,13+,14-,15-,16+,17-,18-,19-,20+/m1/s1. The predicted octanol–water partition coefficient (Wildman–Crippen LogP) is -4.26. The van der Waals surface area contributed by atoms with Gasteiger partial charge in [0.05, 0.1) is 37.5 Å². The molecule has 3 aliphatic rings. The van der Waals surface area contributed by atoms with Gasteiger partial charge in [0.25, 0.3) is 0 Å². The Morgan fingerprint density at radius 2 is 1.83 bits per heavy atom. The minimum absolute atomic E-state index is 0.0387. The second kappa shape index (κ2) is 11.2. The van der Waals surface area contributed by atoms with Crippen molar-refractivity contribution in [1.29, 1.82) is 0 Å². The maximum absolute atomic E-state index is 12.0.